The van der Waals surface area contributed by atoms with E-state index in [1.54, 1.807) is 27.7 Å². The van der Waals surface area contributed by atoms with Gasteiger partial charge >= 0.3 is 0 Å². The normalized spacial score (nSPS) is 9.43. The molecule has 4 rings (SSSR count). The third-order valence-corrected chi connectivity index (χ3v) is 3.01. The Balaban J connectivity index is 0.000000187. The van der Waals surface area contributed by atoms with E-state index in [0.29, 0.717) is 23.5 Å². The third kappa shape index (κ3) is 8.78. The van der Waals surface area contributed by atoms with Gasteiger partial charge in [-0.1, -0.05) is 15.5 Å². The lowest BCUT2D eigenvalue weighted by Gasteiger charge is -1.72. The van der Waals surface area contributed by atoms with Crippen molar-refractivity contribution in [3.8, 4) is 0 Å². The molecule has 4 aromatic heterocycles. The Bertz CT molecular complexity index is 797. The van der Waals surface area contributed by atoms with Crippen LogP contribution in [0, 0.1) is 55.4 Å². The minimum Gasteiger partial charge on any atom is -0.426 e. The molecule has 0 saturated carbocycles. The van der Waals surface area contributed by atoms with E-state index < -0.39 is 0 Å². The molecule has 0 aliphatic carbocycles. The lowest BCUT2D eigenvalue weighted by molar-refractivity contribution is 0.302. The van der Waals surface area contributed by atoms with E-state index in [2.05, 4.69) is 54.7 Å². The summed E-state index contributed by atoms with van der Waals surface area (Å²) in [5, 5.41) is 24.7. The molecule has 0 saturated heterocycles. The van der Waals surface area contributed by atoms with E-state index in [9.17, 15) is 0 Å². The highest BCUT2D eigenvalue weighted by Gasteiger charge is 1.94. The van der Waals surface area contributed by atoms with Crippen molar-refractivity contribution in [1.29, 1.82) is 0 Å². The average molecular weight is 392 g/mol. The van der Waals surface area contributed by atoms with Crippen LogP contribution in [0.25, 0.3) is 0 Å². The number of aromatic nitrogens is 8. The molecule has 12 nitrogen and oxygen atoms in total. The first-order valence-electron chi connectivity index (χ1n) is 8.24. The Morgan fingerprint density at radius 2 is 1.14 bits per heavy atom. The van der Waals surface area contributed by atoms with Gasteiger partial charge in [0.1, 0.15) is 17.1 Å². The SMILES string of the molecule is Cc1nnc(C)o1.Cc1nnoc1C.Cc1noc(C)n1.Cc1nonc1C. The maximum Gasteiger partial charge on any atom is 0.223 e. The fourth-order valence-corrected chi connectivity index (χ4v) is 1.35. The molecule has 0 bridgehead atoms. The van der Waals surface area contributed by atoms with E-state index in [0.717, 1.165) is 22.8 Å². The zero-order chi connectivity index (χ0) is 21.1. The smallest absolute Gasteiger partial charge is 0.223 e. The minimum atomic E-state index is 0.623. The second kappa shape index (κ2) is 11.3. The highest BCUT2D eigenvalue weighted by atomic mass is 16.6. The average Bonchev–Trinajstić information content (AvgIpc) is 3.39. The van der Waals surface area contributed by atoms with Gasteiger partial charge in [-0.3, -0.25) is 0 Å². The molecule has 4 heterocycles. The van der Waals surface area contributed by atoms with Gasteiger partial charge in [0.05, 0.1) is 0 Å². The highest BCUT2D eigenvalue weighted by molar-refractivity contribution is 5.00. The summed E-state index contributed by atoms with van der Waals surface area (Å²) < 4.78 is 18.4. The van der Waals surface area contributed by atoms with Crippen LogP contribution in [0.2, 0.25) is 0 Å². The molecule has 0 spiro atoms. The number of hydrogen-bond donors (Lipinski definition) is 0. The number of hydrogen-bond acceptors (Lipinski definition) is 12. The van der Waals surface area contributed by atoms with Crippen molar-refractivity contribution in [2.75, 3.05) is 0 Å². The zero-order valence-electron chi connectivity index (χ0n) is 17.2. The third-order valence-electron chi connectivity index (χ3n) is 3.01. The van der Waals surface area contributed by atoms with Gasteiger partial charge in [0.25, 0.3) is 0 Å². The molecule has 0 aliphatic rings. The fourth-order valence-electron chi connectivity index (χ4n) is 1.35. The fraction of sp³-hybridized carbons (Fsp3) is 0.500. The first kappa shape index (κ1) is 22.6. The summed E-state index contributed by atoms with van der Waals surface area (Å²) in [6.45, 7) is 14.5. The summed E-state index contributed by atoms with van der Waals surface area (Å²) in [5.41, 5.74) is 2.58. The monoisotopic (exact) mass is 392 g/mol. The molecular formula is C16H24N8O4. The molecule has 0 radical (unpaired) electrons. The Morgan fingerprint density at radius 1 is 0.571 bits per heavy atom. The van der Waals surface area contributed by atoms with Crippen molar-refractivity contribution in [3.63, 3.8) is 0 Å². The van der Waals surface area contributed by atoms with Crippen LogP contribution >= 0.6 is 0 Å². The lowest BCUT2D eigenvalue weighted by Crippen LogP contribution is -1.71. The summed E-state index contributed by atoms with van der Waals surface area (Å²) in [5.74, 6) is 3.35. The van der Waals surface area contributed by atoms with Crippen molar-refractivity contribution in [3.05, 3.63) is 46.3 Å². The Morgan fingerprint density at radius 3 is 1.29 bits per heavy atom. The first-order valence-corrected chi connectivity index (χ1v) is 8.24. The molecular weight excluding hydrogens is 368 g/mol. The van der Waals surface area contributed by atoms with Crippen LogP contribution in [0.3, 0.4) is 0 Å². The topological polar surface area (TPSA) is 156 Å². The van der Waals surface area contributed by atoms with Gasteiger partial charge in [-0.2, -0.15) is 4.98 Å². The Kier molecular flexibility index (Phi) is 9.13. The standard InChI is InChI=1S/4C4H6N2O/c1-3-5-6-4(2)7-3;1-3-5-4(2)7-6-3;1-3-4(2)7-6-5-3;1-3-4(2)6-7-5-3/h4*1-2H3. The van der Waals surface area contributed by atoms with Crippen LogP contribution in [0.15, 0.2) is 18.1 Å². The molecule has 4 aromatic rings. The number of aryl methyl sites for hydroxylation is 8. The van der Waals surface area contributed by atoms with Gasteiger partial charge in [0, 0.05) is 26.0 Å². The summed E-state index contributed by atoms with van der Waals surface area (Å²) in [4.78, 5) is 3.83. The quantitative estimate of drug-likeness (QED) is 0.431. The summed E-state index contributed by atoms with van der Waals surface area (Å²) in [6.07, 6.45) is 0. The van der Waals surface area contributed by atoms with Gasteiger partial charge in [-0.15, -0.1) is 15.3 Å². The Hall–Kier alpha value is -3.44. The molecule has 28 heavy (non-hydrogen) atoms. The van der Waals surface area contributed by atoms with Crippen LogP contribution < -0.4 is 0 Å². The molecule has 12 heteroatoms. The van der Waals surface area contributed by atoms with E-state index in [1.165, 1.54) is 0 Å². The second-order valence-corrected chi connectivity index (χ2v) is 5.55. The maximum atomic E-state index is 4.86. The van der Waals surface area contributed by atoms with Gasteiger partial charge in [-0.05, 0) is 34.6 Å². The summed E-state index contributed by atoms with van der Waals surface area (Å²) >= 11 is 0. The van der Waals surface area contributed by atoms with E-state index in [-0.39, 0.29) is 0 Å². The van der Waals surface area contributed by atoms with Crippen molar-refractivity contribution < 1.29 is 18.1 Å². The first-order chi connectivity index (χ1) is 13.2. The van der Waals surface area contributed by atoms with Crippen molar-refractivity contribution >= 4 is 0 Å². The van der Waals surface area contributed by atoms with Crippen LogP contribution in [0.1, 0.15) is 46.3 Å². The molecule has 0 aromatic carbocycles. The molecule has 0 atom stereocenters. The number of rotatable bonds is 0. The van der Waals surface area contributed by atoms with Crippen LogP contribution in [-0.2, 0) is 0 Å². The predicted molar refractivity (Wildman–Crippen MR) is 95.1 cm³/mol. The summed E-state index contributed by atoms with van der Waals surface area (Å²) in [7, 11) is 0. The molecule has 0 amide bonds. The van der Waals surface area contributed by atoms with Crippen molar-refractivity contribution in [2.24, 2.45) is 0 Å². The maximum absolute atomic E-state index is 4.86. The lowest BCUT2D eigenvalue weighted by atomic mass is 10.4. The Labute approximate surface area is 161 Å². The van der Waals surface area contributed by atoms with Gasteiger partial charge in [-0.25, -0.2) is 4.63 Å². The second-order valence-electron chi connectivity index (χ2n) is 5.55. The van der Waals surface area contributed by atoms with Crippen LogP contribution in [0.5, 0.6) is 0 Å². The van der Waals surface area contributed by atoms with Crippen LogP contribution in [0.4, 0.5) is 0 Å². The van der Waals surface area contributed by atoms with Crippen molar-refractivity contribution in [1.82, 2.24) is 41.0 Å². The van der Waals surface area contributed by atoms with Gasteiger partial charge in [0.15, 0.2) is 11.6 Å². The highest BCUT2D eigenvalue weighted by Crippen LogP contribution is 1.96. The van der Waals surface area contributed by atoms with Crippen LogP contribution in [-0.4, -0.2) is 41.0 Å². The molecule has 0 N–H and O–H groups in total. The van der Waals surface area contributed by atoms with Crippen molar-refractivity contribution in [2.45, 2.75) is 55.4 Å². The van der Waals surface area contributed by atoms with E-state index in [4.69, 9.17) is 4.42 Å². The predicted octanol–water partition coefficient (Wildman–Crippen LogP) is 2.75. The molecule has 0 aliphatic heterocycles. The largest absolute Gasteiger partial charge is 0.426 e. The number of nitrogens with zero attached hydrogens (tertiary/aromatic N) is 8. The zero-order valence-corrected chi connectivity index (χ0v) is 17.2. The van der Waals surface area contributed by atoms with Gasteiger partial charge < -0.3 is 13.5 Å². The summed E-state index contributed by atoms with van der Waals surface area (Å²) in [6, 6.07) is 0. The van der Waals surface area contributed by atoms with E-state index in [1.807, 2.05) is 27.7 Å². The minimum absolute atomic E-state index is 0.623. The van der Waals surface area contributed by atoms with E-state index >= 15 is 0 Å². The molecule has 0 fully saturated rings. The molecule has 152 valence electrons. The van der Waals surface area contributed by atoms with Gasteiger partial charge in [0.2, 0.25) is 17.7 Å². The molecule has 0 unspecified atom stereocenters.